The van der Waals surface area contributed by atoms with Crippen LogP contribution in [-0.2, 0) is 9.59 Å². The van der Waals surface area contributed by atoms with Gasteiger partial charge in [0.1, 0.15) is 5.75 Å². The maximum absolute atomic E-state index is 12.2. The average Bonchev–Trinajstić information content (AvgIpc) is 2.57. The Morgan fingerprint density at radius 2 is 1.78 bits per heavy atom. The van der Waals surface area contributed by atoms with Crippen molar-refractivity contribution in [1.82, 2.24) is 5.32 Å². The molecule has 2 unspecified atom stereocenters. The Morgan fingerprint density at radius 3 is 2.43 bits per heavy atom. The Labute approximate surface area is 135 Å². The molecule has 2 rings (SSSR count). The topological polar surface area (TPSA) is 75.6 Å². The zero-order valence-corrected chi connectivity index (χ0v) is 13.5. The van der Waals surface area contributed by atoms with E-state index < -0.39 is 11.9 Å². The third-order valence-corrected chi connectivity index (χ3v) is 3.97. The molecule has 1 amide bonds. The van der Waals surface area contributed by atoms with Crippen LogP contribution in [0.4, 0.5) is 0 Å². The molecule has 0 aromatic heterocycles. The predicted octanol–water partition coefficient (Wildman–Crippen LogP) is 2.79. The number of carbonyl (C=O) groups is 2. The van der Waals surface area contributed by atoms with E-state index in [0.29, 0.717) is 0 Å². The summed E-state index contributed by atoms with van der Waals surface area (Å²) in [6.45, 7) is 3.51. The highest BCUT2D eigenvalue weighted by atomic mass is 16.5. The fraction of sp³-hybridized carbons (Fsp3) is 0.333. The molecule has 2 N–H and O–H groups in total. The number of nitrogens with one attached hydrogen (secondary N) is 1. The summed E-state index contributed by atoms with van der Waals surface area (Å²) in [5.74, 6) is -1.25. The van der Waals surface area contributed by atoms with E-state index >= 15 is 0 Å². The molecule has 0 saturated heterocycles. The van der Waals surface area contributed by atoms with Gasteiger partial charge >= 0.3 is 5.97 Å². The van der Waals surface area contributed by atoms with Gasteiger partial charge in [0.15, 0.2) is 0 Å². The summed E-state index contributed by atoms with van der Waals surface area (Å²) in [5.41, 5.74) is 0.892. The Morgan fingerprint density at radius 1 is 1.13 bits per heavy atom. The highest BCUT2D eigenvalue weighted by Crippen LogP contribution is 2.25. The molecule has 0 radical (unpaired) electrons. The first-order chi connectivity index (χ1) is 10.9. The zero-order valence-electron chi connectivity index (χ0n) is 13.5. The minimum Gasteiger partial charge on any atom is -0.497 e. The van der Waals surface area contributed by atoms with Crippen LogP contribution in [-0.4, -0.2) is 30.6 Å². The average molecular weight is 315 g/mol. The van der Waals surface area contributed by atoms with Gasteiger partial charge in [-0.25, -0.2) is 0 Å². The molecule has 0 spiro atoms. The highest BCUT2D eigenvalue weighted by Gasteiger charge is 2.18. The summed E-state index contributed by atoms with van der Waals surface area (Å²) in [5, 5.41) is 13.6. The molecule has 0 aliphatic heterocycles. The summed E-state index contributed by atoms with van der Waals surface area (Å²) in [6, 6.07) is 11.6. The number of carboxylic acid groups (broad SMARTS) is 1. The summed E-state index contributed by atoms with van der Waals surface area (Å²) in [4.78, 5) is 23.0. The van der Waals surface area contributed by atoms with E-state index in [0.717, 1.165) is 22.1 Å². The van der Waals surface area contributed by atoms with Crippen LogP contribution in [0.3, 0.4) is 0 Å². The molecule has 0 aliphatic rings. The SMILES string of the molecule is COc1ccc2cc(C(C)C(=O)NCC(C)C(=O)O)ccc2c1. The number of hydrogen-bond acceptors (Lipinski definition) is 3. The maximum atomic E-state index is 12.2. The summed E-state index contributed by atoms with van der Waals surface area (Å²) < 4.78 is 5.20. The van der Waals surface area contributed by atoms with Gasteiger partial charge in [-0.05, 0) is 35.4 Å². The molecule has 2 atom stereocenters. The number of hydrogen-bond donors (Lipinski definition) is 2. The van der Waals surface area contributed by atoms with Crippen LogP contribution >= 0.6 is 0 Å². The van der Waals surface area contributed by atoms with E-state index in [9.17, 15) is 9.59 Å². The van der Waals surface area contributed by atoms with Gasteiger partial charge < -0.3 is 15.2 Å². The van der Waals surface area contributed by atoms with Crippen LogP contribution in [0.25, 0.3) is 10.8 Å². The number of amides is 1. The van der Waals surface area contributed by atoms with Crippen molar-refractivity contribution in [3.8, 4) is 5.75 Å². The largest absolute Gasteiger partial charge is 0.497 e. The second kappa shape index (κ2) is 7.13. The molecule has 0 bridgehead atoms. The van der Waals surface area contributed by atoms with Gasteiger partial charge in [0, 0.05) is 6.54 Å². The third kappa shape index (κ3) is 4.00. The number of aliphatic carboxylic acids is 1. The van der Waals surface area contributed by atoms with Crippen LogP contribution in [0.15, 0.2) is 36.4 Å². The molecular formula is C18H21NO4. The van der Waals surface area contributed by atoms with Crippen molar-refractivity contribution in [2.45, 2.75) is 19.8 Å². The first-order valence-electron chi connectivity index (χ1n) is 7.50. The Kier molecular flexibility index (Phi) is 5.21. The van der Waals surface area contributed by atoms with E-state index in [1.54, 1.807) is 14.0 Å². The normalized spacial score (nSPS) is 13.3. The molecule has 5 heteroatoms. The number of ether oxygens (including phenoxy) is 1. The van der Waals surface area contributed by atoms with Gasteiger partial charge in [-0.1, -0.05) is 31.2 Å². The fourth-order valence-electron chi connectivity index (χ4n) is 2.28. The van der Waals surface area contributed by atoms with Gasteiger partial charge in [0.25, 0.3) is 0 Å². The Hall–Kier alpha value is -2.56. The summed E-state index contributed by atoms with van der Waals surface area (Å²) in [7, 11) is 1.63. The van der Waals surface area contributed by atoms with Crippen LogP contribution in [0.1, 0.15) is 25.3 Å². The molecule has 2 aromatic carbocycles. The molecule has 0 saturated carbocycles. The van der Waals surface area contributed by atoms with Gasteiger partial charge in [-0.2, -0.15) is 0 Å². The zero-order chi connectivity index (χ0) is 17.0. The van der Waals surface area contributed by atoms with E-state index in [1.807, 2.05) is 43.3 Å². The first-order valence-corrected chi connectivity index (χ1v) is 7.50. The number of fused-ring (bicyclic) bond motifs is 1. The lowest BCUT2D eigenvalue weighted by Gasteiger charge is -2.15. The van der Waals surface area contributed by atoms with Crippen molar-refractivity contribution >= 4 is 22.6 Å². The number of benzene rings is 2. The van der Waals surface area contributed by atoms with E-state index in [4.69, 9.17) is 9.84 Å². The van der Waals surface area contributed by atoms with Crippen LogP contribution in [0, 0.1) is 5.92 Å². The molecule has 0 heterocycles. The van der Waals surface area contributed by atoms with Crippen molar-refractivity contribution < 1.29 is 19.4 Å². The standard InChI is InChI=1S/C18H21NO4/c1-11(18(21)22)10-19-17(20)12(2)13-4-5-15-9-16(23-3)7-6-14(15)8-13/h4-9,11-12H,10H2,1-3H3,(H,19,20)(H,21,22). The third-order valence-electron chi connectivity index (χ3n) is 3.97. The monoisotopic (exact) mass is 315 g/mol. The highest BCUT2D eigenvalue weighted by molar-refractivity contribution is 5.88. The van der Waals surface area contributed by atoms with Crippen LogP contribution in [0.5, 0.6) is 5.75 Å². The van der Waals surface area contributed by atoms with Crippen molar-refractivity contribution in [1.29, 1.82) is 0 Å². The lowest BCUT2D eigenvalue weighted by atomic mass is 9.97. The quantitative estimate of drug-likeness (QED) is 0.859. The second-order valence-electron chi connectivity index (χ2n) is 5.68. The van der Waals surface area contributed by atoms with Crippen molar-refractivity contribution in [2.75, 3.05) is 13.7 Å². The molecule has 2 aromatic rings. The van der Waals surface area contributed by atoms with Crippen LogP contribution in [0.2, 0.25) is 0 Å². The molecule has 0 fully saturated rings. The number of rotatable bonds is 6. The van der Waals surface area contributed by atoms with E-state index in [2.05, 4.69) is 5.32 Å². The van der Waals surface area contributed by atoms with Gasteiger partial charge in [0.05, 0.1) is 18.9 Å². The number of carboxylic acids is 1. The molecule has 0 aliphatic carbocycles. The molecule has 122 valence electrons. The fourth-order valence-corrected chi connectivity index (χ4v) is 2.28. The van der Waals surface area contributed by atoms with Crippen LogP contribution < -0.4 is 10.1 Å². The lowest BCUT2D eigenvalue weighted by molar-refractivity contribution is -0.141. The second-order valence-corrected chi connectivity index (χ2v) is 5.68. The molecule has 5 nitrogen and oxygen atoms in total. The predicted molar refractivity (Wildman–Crippen MR) is 88.7 cm³/mol. The lowest BCUT2D eigenvalue weighted by Crippen LogP contribution is -2.34. The molecular weight excluding hydrogens is 294 g/mol. The minimum atomic E-state index is -0.919. The van der Waals surface area contributed by atoms with Crippen molar-refractivity contribution in [2.24, 2.45) is 5.92 Å². The minimum absolute atomic E-state index is 0.128. The van der Waals surface area contributed by atoms with Gasteiger partial charge in [-0.15, -0.1) is 0 Å². The number of methoxy groups -OCH3 is 1. The smallest absolute Gasteiger partial charge is 0.308 e. The van der Waals surface area contributed by atoms with Crippen molar-refractivity contribution in [3.05, 3.63) is 42.0 Å². The first kappa shape index (κ1) is 16.8. The maximum Gasteiger partial charge on any atom is 0.308 e. The van der Waals surface area contributed by atoms with E-state index in [1.165, 1.54) is 0 Å². The Balaban J connectivity index is 2.12. The van der Waals surface area contributed by atoms with Gasteiger partial charge in [0.2, 0.25) is 5.91 Å². The Bertz CT molecular complexity index is 726. The van der Waals surface area contributed by atoms with Gasteiger partial charge in [-0.3, -0.25) is 9.59 Å². The molecule has 23 heavy (non-hydrogen) atoms. The van der Waals surface area contributed by atoms with Crippen molar-refractivity contribution in [3.63, 3.8) is 0 Å². The summed E-state index contributed by atoms with van der Waals surface area (Å²) >= 11 is 0. The van der Waals surface area contributed by atoms with E-state index in [-0.39, 0.29) is 18.4 Å². The number of carbonyl (C=O) groups excluding carboxylic acids is 1. The summed E-state index contributed by atoms with van der Waals surface area (Å²) in [6.07, 6.45) is 0.